The zero-order valence-corrected chi connectivity index (χ0v) is 10.00. The van der Waals surface area contributed by atoms with Crippen molar-refractivity contribution in [2.75, 3.05) is 0 Å². The summed E-state index contributed by atoms with van der Waals surface area (Å²) in [5.74, 6) is -0.271. The van der Waals surface area contributed by atoms with Crippen LogP contribution in [-0.4, -0.2) is 15.9 Å². The monoisotopic (exact) mass is 239 g/mol. The first kappa shape index (κ1) is 12.0. The van der Waals surface area contributed by atoms with Gasteiger partial charge in [0.05, 0.1) is 0 Å². The Morgan fingerprint density at radius 2 is 1.67 bits per heavy atom. The molecule has 3 heteroatoms. The van der Waals surface area contributed by atoms with Crippen molar-refractivity contribution in [3.05, 3.63) is 71.6 Å². The maximum absolute atomic E-state index is 11.8. The molecule has 90 valence electrons. The molecule has 0 bridgehead atoms. The fourth-order valence-electron chi connectivity index (χ4n) is 1.53. The average molecular weight is 239 g/mol. The van der Waals surface area contributed by atoms with Gasteiger partial charge in [0.1, 0.15) is 5.76 Å². The van der Waals surface area contributed by atoms with Gasteiger partial charge in [0.2, 0.25) is 0 Å². The first-order valence-electron chi connectivity index (χ1n) is 5.59. The number of carbonyl (C=O) groups is 1. The number of carbonyl (C=O) groups excluding carboxylic acids is 1. The molecule has 0 aliphatic rings. The highest BCUT2D eigenvalue weighted by Gasteiger charge is 2.05. The van der Waals surface area contributed by atoms with Crippen molar-refractivity contribution < 1.29 is 9.90 Å². The zero-order valence-electron chi connectivity index (χ0n) is 10.00. The van der Waals surface area contributed by atoms with Crippen LogP contribution in [0.2, 0.25) is 0 Å². The fraction of sp³-hybridized carbons (Fsp3) is 0.0667. The van der Waals surface area contributed by atoms with E-state index in [9.17, 15) is 9.90 Å². The predicted octanol–water partition coefficient (Wildman–Crippen LogP) is 3.17. The topological polar surface area (TPSA) is 50.2 Å². The molecule has 0 spiro atoms. The van der Waals surface area contributed by atoms with Crippen LogP contribution < -0.4 is 0 Å². The molecule has 0 aliphatic heterocycles. The molecule has 0 saturated carbocycles. The second-order valence-electron chi connectivity index (χ2n) is 4.00. The third-order valence-corrected chi connectivity index (χ3v) is 2.58. The lowest BCUT2D eigenvalue weighted by Gasteiger charge is -2.01. The lowest BCUT2D eigenvalue weighted by atomic mass is 10.1. The van der Waals surface area contributed by atoms with Gasteiger partial charge in [-0.05, 0) is 19.1 Å². The molecule has 1 aromatic carbocycles. The van der Waals surface area contributed by atoms with E-state index in [4.69, 9.17) is 0 Å². The van der Waals surface area contributed by atoms with Gasteiger partial charge in [-0.25, -0.2) is 0 Å². The van der Waals surface area contributed by atoms with Gasteiger partial charge in [-0.2, -0.15) is 0 Å². The van der Waals surface area contributed by atoms with Crippen LogP contribution in [0.4, 0.5) is 0 Å². The number of aryl methyl sites for hydroxylation is 1. The molecule has 0 saturated heterocycles. The van der Waals surface area contributed by atoms with Crippen molar-refractivity contribution in [1.29, 1.82) is 0 Å². The number of aliphatic hydroxyl groups is 1. The van der Waals surface area contributed by atoms with Crippen molar-refractivity contribution >= 4 is 11.5 Å². The van der Waals surface area contributed by atoms with Gasteiger partial charge in [0.25, 0.3) is 0 Å². The maximum atomic E-state index is 11.8. The van der Waals surface area contributed by atoms with Crippen LogP contribution in [-0.2, 0) is 0 Å². The van der Waals surface area contributed by atoms with Crippen molar-refractivity contribution in [1.82, 2.24) is 4.98 Å². The van der Waals surface area contributed by atoms with E-state index in [1.54, 1.807) is 36.7 Å². The summed E-state index contributed by atoms with van der Waals surface area (Å²) in [6.07, 6.45) is 4.31. The number of aliphatic hydroxyl groups excluding tert-OH is 1. The average Bonchev–Trinajstić information content (AvgIpc) is 2.40. The third-order valence-electron chi connectivity index (χ3n) is 2.58. The minimum Gasteiger partial charge on any atom is -0.507 e. The van der Waals surface area contributed by atoms with Crippen LogP contribution in [0.1, 0.15) is 21.5 Å². The Hall–Kier alpha value is -2.42. The standard InChI is InChI=1S/C15H13NO2/c1-11-2-4-12(5-3-11)14(17)10-15(18)13-6-8-16-9-7-13/h2-10,17H,1H3. The lowest BCUT2D eigenvalue weighted by Crippen LogP contribution is -1.96. The molecule has 0 atom stereocenters. The number of allylic oxidation sites excluding steroid dienone is 1. The second kappa shape index (κ2) is 5.27. The van der Waals surface area contributed by atoms with Crippen molar-refractivity contribution in [2.24, 2.45) is 0 Å². The van der Waals surface area contributed by atoms with Crippen LogP contribution >= 0.6 is 0 Å². The highest BCUT2D eigenvalue weighted by Crippen LogP contribution is 2.13. The smallest absolute Gasteiger partial charge is 0.189 e. The number of pyridine rings is 1. The van der Waals surface area contributed by atoms with Crippen LogP contribution in [0.3, 0.4) is 0 Å². The van der Waals surface area contributed by atoms with Gasteiger partial charge < -0.3 is 5.11 Å². The highest BCUT2D eigenvalue weighted by atomic mass is 16.3. The Balaban J connectivity index is 2.23. The van der Waals surface area contributed by atoms with E-state index < -0.39 is 0 Å². The van der Waals surface area contributed by atoms with E-state index in [1.807, 2.05) is 19.1 Å². The lowest BCUT2D eigenvalue weighted by molar-refractivity contribution is 0.104. The number of nitrogens with zero attached hydrogens (tertiary/aromatic N) is 1. The number of ketones is 1. The minimum atomic E-state index is -0.240. The molecule has 18 heavy (non-hydrogen) atoms. The molecule has 2 rings (SSSR count). The summed E-state index contributed by atoms with van der Waals surface area (Å²) >= 11 is 0. The van der Waals surface area contributed by atoms with Crippen LogP contribution in [0.25, 0.3) is 5.76 Å². The normalized spacial score (nSPS) is 11.3. The number of hydrogen-bond donors (Lipinski definition) is 1. The molecule has 2 aromatic rings. The van der Waals surface area contributed by atoms with Crippen molar-refractivity contribution in [2.45, 2.75) is 6.92 Å². The maximum Gasteiger partial charge on any atom is 0.189 e. The molecule has 1 N–H and O–H groups in total. The number of benzene rings is 1. The van der Waals surface area contributed by atoms with Gasteiger partial charge in [0.15, 0.2) is 5.78 Å². The van der Waals surface area contributed by atoms with Gasteiger partial charge in [0, 0.05) is 29.6 Å². The first-order chi connectivity index (χ1) is 8.66. The summed E-state index contributed by atoms with van der Waals surface area (Å²) in [5.41, 5.74) is 2.23. The van der Waals surface area contributed by atoms with E-state index in [1.165, 1.54) is 6.08 Å². The van der Waals surface area contributed by atoms with Gasteiger partial charge in [-0.1, -0.05) is 29.8 Å². The Kier molecular flexibility index (Phi) is 3.53. The molecule has 1 heterocycles. The molecule has 0 unspecified atom stereocenters. The summed E-state index contributed by atoms with van der Waals surface area (Å²) in [5, 5.41) is 9.87. The predicted molar refractivity (Wildman–Crippen MR) is 70.4 cm³/mol. The largest absolute Gasteiger partial charge is 0.507 e. The molecule has 1 aromatic heterocycles. The fourth-order valence-corrected chi connectivity index (χ4v) is 1.53. The Labute approximate surface area is 105 Å². The number of hydrogen-bond acceptors (Lipinski definition) is 3. The van der Waals surface area contributed by atoms with Gasteiger partial charge in [-0.3, -0.25) is 9.78 Å². The Morgan fingerprint density at radius 3 is 2.28 bits per heavy atom. The van der Waals surface area contributed by atoms with Crippen molar-refractivity contribution in [3.63, 3.8) is 0 Å². The molecule has 0 aliphatic carbocycles. The minimum absolute atomic E-state index is 0.0307. The van der Waals surface area contributed by atoms with Crippen LogP contribution in [0, 0.1) is 6.92 Å². The van der Waals surface area contributed by atoms with Gasteiger partial charge in [-0.15, -0.1) is 0 Å². The SMILES string of the molecule is Cc1ccc(C(O)=CC(=O)c2ccncc2)cc1. The summed E-state index contributed by atoms with van der Waals surface area (Å²) in [7, 11) is 0. The summed E-state index contributed by atoms with van der Waals surface area (Å²) in [4.78, 5) is 15.7. The van der Waals surface area contributed by atoms with E-state index in [2.05, 4.69) is 4.98 Å². The van der Waals surface area contributed by atoms with Crippen LogP contribution in [0.5, 0.6) is 0 Å². The second-order valence-corrected chi connectivity index (χ2v) is 4.00. The van der Waals surface area contributed by atoms with Crippen molar-refractivity contribution in [3.8, 4) is 0 Å². The zero-order chi connectivity index (χ0) is 13.0. The number of aromatic nitrogens is 1. The molecule has 0 fully saturated rings. The van der Waals surface area contributed by atoms with E-state index in [0.717, 1.165) is 5.56 Å². The third kappa shape index (κ3) is 2.83. The Morgan fingerprint density at radius 1 is 1.06 bits per heavy atom. The molecule has 3 nitrogen and oxygen atoms in total. The molecular formula is C15H13NO2. The van der Waals surface area contributed by atoms with E-state index in [-0.39, 0.29) is 11.5 Å². The van der Waals surface area contributed by atoms with E-state index >= 15 is 0 Å². The Bertz CT molecular complexity index is 571. The van der Waals surface area contributed by atoms with Gasteiger partial charge >= 0.3 is 0 Å². The molecule has 0 amide bonds. The highest BCUT2D eigenvalue weighted by molar-refractivity contribution is 6.07. The molecular weight excluding hydrogens is 226 g/mol. The van der Waals surface area contributed by atoms with E-state index in [0.29, 0.717) is 11.1 Å². The summed E-state index contributed by atoms with van der Waals surface area (Å²) in [6, 6.07) is 10.6. The van der Waals surface area contributed by atoms with Crippen LogP contribution in [0.15, 0.2) is 54.9 Å². The summed E-state index contributed by atoms with van der Waals surface area (Å²) in [6.45, 7) is 1.96. The number of rotatable bonds is 3. The summed E-state index contributed by atoms with van der Waals surface area (Å²) < 4.78 is 0. The quantitative estimate of drug-likeness (QED) is 0.508. The first-order valence-corrected chi connectivity index (χ1v) is 5.59. The molecule has 0 radical (unpaired) electrons.